The summed E-state index contributed by atoms with van der Waals surface area (Å²) in [6.07, 6.45) is 2.50. The molecular weight excluding hydrogens is 302 g/mol. The largest absolute Gasteiger partial charge is 0.354 e. The van der Waals surface area contributed by atoms with E-state index in [1.165, 1.54) is 0 Å². The van der Waals surface area contributed by atoms with Crippen molar-refractivity contribution in [3.05, 3.63) is 53.7 Å². The Balaban J connectivity index is 1.47. The van der Waals surface area contributed by atoms with Crippen LogP contribution >= 0.6 is 0 Å². The number of hydrogen-bond acceptors (Lipinski definition) is 6. The van der Waals surface area contributed by atoms with Crippen LogP contribution in [0.3, 0.4) is 0 Å². The maximum Gasteiger partial charge on any atom is 0.252 e. The second-order valence-corrected chi connectivity index (χ2v) is 5.71. The normalized spacial score (nSPS) is 11.2. The lowest BCUT2D eigenvalue weighted by Crippen LogP contribution is -2.09. The predicted molar refractivity (Wildman–Crippen MR) is 92.0 cm³/mol. The van der Waals surface area contributed by atoms with Gasteiger partial charge in [-0.15, -0.1) is 5.10 Å². The van der Waals surface area contributed by atoms with Gasteiger partial charge in [0.05, 0.1) is 5.52 Å². The number of hydrogen-bond donors (Lipinski definition) is 1. The van der Waals surface area contributed by atoms with Crippen LogP contribution < -0.4 is 5.32 Å². The fourth-order valence-corrected chi connectivity index (χ4v) is 2.66. The van der Waals surface area contributed by atoms with E-state index in [1.807, 2.05) is 50.4 Å². The Hall–Kier alpha value is -3.09. The predicted octanol–water partition coefficient (Wildman–Crippen LogP) is 2.34. The third kappa shape index (κ3) is 2.76. The first-order valence-electron chi connectivity index (χ1n) is 7.84. The topological polar surface area (TPSA) is 80.9 Å². The van der Waals surface area contributed by atoms with Gasteiger partial charge in [-0.1, -0.05) is 18.2 Å². The molecule has 0 radical (unpaired) electrons. The van der Waals surface area contributed by atoms with E-state index in [4.69, 9.17) is 0 Å². The number of nitrogens with one attached hydrogen (secondary N) is 1. The molecule has 0 bridgehead atoms. The van der Waals surface area contributed by atoms with Gasteiger partial charge in [-0.3, -0.25) is 0 Å². The summed E-state index contributed by atoms with van der Waals surface area (Å²) in [4.78, 5) is 17.7. The fourth-order valence-electron chi connectivity index (χ4n) is 2.66. The number of benzene rings is 1. The molecule has 0 aliphatic carbocycles. The maximum atomic E-state index is 4.50. The summed E-state index contributed by atoms with van der Waals surface area (Å²) in [5.74, 6) is 2.01. The Kier molecular flexibility index (Phi) is 3.53. The first-order chi connectivity index (χ1) is 11.7. The van der Waals surface area contributed by atoms with E-state index in [9.17, 15) is 0 Å². The van der Waals surface area contributed by atoms with Gasteiger partial charge in [-0.2, -0.15) is 4.98 Å². The SMILES string of the molecule is Cc1cc(C)n2nc(CCNc3ncc4ccccc4n3)nc2n1. The highest BCUT2D eigenvalue weighted by Gasteiger charge is 2.07. The molecule has 3 aromatic heterocycles. The molecule has 0 aliphatic heterocycles. The summed E-state index contributed by atoms with van der Waals surface area (Å²) in [5, 5.41) is 8.75. The van der Waals surface area contributed by atoms with Crippen LogP contribution in [0.15, 0.2) is 36.5 Å². The molecule has 0 unspecified atom stereocenters. The van der Waals surface area contributed by atoms with Gasteiger partial charge in [0.2, 0.25) is 5.95 Å². The monoisotopic (exact) mass is 319 g/mol. The van der Waals surface area contributed by atoms with E-state index in [2.05, 4.69) is 30.4 Å². The molecule has 4 aromatic rings. The lowest BCUT2D eigenvalue weighted by atomic mass is 10.2. The molecule has 0 fully saturated rings. The van der Waals surface area contributed by atoms with Crippen LogP contribution in [0, 0.1) is 13.8 Å². The highest BCUT2D eigenvalue weighted by atomic mass is 15.3. The molecule has 7 nitrogen and oxygen atoms in total. The quantitative estimate of drug-likeness (QED) is 0.622. The number of rotatable bonds is 4. The lowest BCUT2D eigenvalue weighted by molar-refractivity contribution is 0.831. The zero-order chi connectivity index (χ0) is 16.5. The molecular formula is C17H17N7. The second kappa shape index (κ2) is 5.84. The van der Waals surface area contributed by atoms with Gasteiger partial charge in [0.15, 0.2) is 5.82 Å². The summed E-state index contributed by atoms with van der Waals surface area (Å²) in [5.41, 5.74) is 2.90. The number of aromatic nitrogens is 6. The third-order valence-electron chi connectivity index (χ3n) is 3.78. The molecule has 4 rings (SSSR count). The van der Waals surface area contributed by atoms with Crippen LogP contribution in [0.1, 0.15) is 17.2 Å². The zero-order valence-electron chi connectivity index (χ0n) is 13.6. The van der Waals surface area contributed by atoms with Gasteiger partial charge in [-0.05, 0) is 26.0 Å². The van der Waals surface area contributed by atoms with Crippen molar-refractivity contribution in [2.45, 2.75) is 20.3 Å². The molecule has 1 N–H and O–H groups in total. The standard InChI is InChI=1S/C17H17N7/c1-11-9-12(2)24-17(20-11)22-15(23-24)7-8-18-16-19-10-13-5-3-4-6-14(13)21-16/h3-6,9-10H,7-8H2,1-2H3,(H,18,19,21). The van der Waals surface area contributed by atoms with E-state index in [-0.39, 0.29) is 0 Å². The fraction of sp³-hybridized carbons (Fsp3) is 0.235. The molecule has 0 saturated carbocycles. The Morgan fingerprint density at radius 3 is 2.88 bits per heavy atom. The summed E-state index contributed by atoms with van der Waals surface area (Å²) in [6.45, 7) is 4.62. The molecule has 0 saturated heterocycles. The van der Waals surface area contributed by atoms with E-state index in [1.54, 1.807) is 4.52 Å². The molecule has 24 heavy (non-hydrogen) atoms. The summed E-state index contributed by atoms with van der Waals surface area (Å²) >= 11 is 0. The average molecular weight is 319 g/mol. The van der Waals surface area contributed by atoms with Gasteiger partial charge in [0, 0.05) is 35.9 Å². The first-order valence-corrected chi connectivity index (χ1v) is 7.84. The van der Waals surface area contributed by atoms with Crippen molar-refractivity contribution in [2.24, 2.45) is 0 Å². The molecule has 3 heterocycles. The molecule has 0 spiro atoms. The van der Waals surface area contributed by atoms with Crippen molar-refractivity contribution in [3.8, 4) is 0 Å². The minimum atomic E-state index is 0.614. The minimum Gasteiger partial charge on any atom is -0.354 e. The molecule has 7 heteroatoms. The minimum absolute atomic E-state index is 0.614. The summed E-state index contributed by atoms with van der Waals surface area (Å²) in [7, 11) is 0. The number of anilines is 1. The number of para-hydroxylation sites is 1. The number of nitrogens with zero attached hydrogens (tertiary/aromatic N) is 6. The van der Waals surface area contributed by atoms with Gasteiger partial charge in [-0.25, -0.2) is 19.5 Å². The van der Waals surface area contributed by atoms with E-state index in [0.29, 0.717) is 24.7 Å². The van der Waals surface area contributed by atoms with Crippen molar-refractivity contribution in [2.75, 3.05) is 11.9 Å². The Morgan fingerprint density at radius 1 is 1.08 bits per heavy atom. The first kappa shape index (κ1) is 14.5. The Morgan fingerprint density at radius 2 is 1.96 bits per heavy atom. The molecule has 0 aliphatic rings. The summed E-state index contributed by atoms with van der Waals surface area (Å²) < 4.78 is 1.77. The molecule has 1 aromatic carbocycles. The van der Waals surface area contributed by atoms with E-state index < -0.39 is 0 Å². The van der Waals surface area contributed by atoms with Gasteiger partial charge in [0.25, 0.3) is 5.78 Å². The van der Waals surface area contributed by atoms with Gasteiger partial charge >= 0.3 is 0 Å². The number of aryl methyl sites for hydroxylation is 2. The van der Waals surface area contributed by atoms with Crippen molar-refractivity contribution in [1.82, 2.24) is 29.5 Å². The number of fused-ring (bicyclic) bond motifs is 2. The van der Waals surface area contributed by atoms with Crippen molar-refractivity contribution < 1.29 is 0 Å². The highest BCUT2D eigenvalue weighted by molar-refractivity contribution is 5.78. The highest BCUT2D eigenvalue weighted by Crippen LogP contribution is 2.11. The van der Waals surface area contributed by atoms with Gasteiger partial charge < -0.3 is 5.32 Å². The molecule has 0 atom stereocenters. The van der Waals surface area contributed by atoms with Crippen LogP contribution in [-0.4, -0.2) is 36.1 Å². The maximum absolute atomic E-state index is 4.50. The second-order valence-electron chi connectivity index (χ2n) is 5.71. The molecule has 120 valence electrons. The summed E-state index contributed by atoms with van der Waals surface area (Å²) in [6, 6.07) is 9.91. The van der Waals surface area contributed by atoms with Crippen LogP contribution in [0.25, 0.3) is 16.7 Å². The zero-order valence-corrected chi connectivity index (χ0v) is 13.6. The average Bonchev–Trinajstić information content (AvgIpc) is 2.98. The Labute approximate surface area is 138 Å². The van der Waals surface area contributed by atoms with Crippen LogP contribution in [0.2, 0.25) is 0 Å². The Bertz CT molecular complexity index is 1020. The van der Waals surface area contributed by atoms with Crippen molar-refractivity contribution in [3.63, 3.8) is 0 Å². The van der Waals surface area contributed by atoms with Crippen molar-refractivity contribution in [1.29, 1.82) is 0 Å². The van der Waals surface area contributed by atoms with Crippen LogP contribution in [0.4, 0.5) is 5.95 Å². The smallest absolute Gasteiger partial charge is 0.252 e. The van der Waals surface area contributed by atoms with Crippen molar-refractivity contribution >= 4 is 22.6 Å². The van der Waals surface area contributed by atoms with Crippen LogP contribution in [-0.2, 0) is 6.42 Å². The van der Waals surface area contributed by atoms with E-state index in [0.717, 1.165) is 28.1 Å². The third-order valence-corrected chi connectivity index (χ3v) is 3.78. The lowest BCUT2D eigenvalue weighted by Gasteiger charge is -2.04. The van der Waals surface area contributed by atoms with E-state index >= 15 is 0 Å². The van der Waals surface area contributed by atoms with Crippen LogP contribution in [0.5, 0.6) is 0 Å². The van der Waals surface area contributed by atoms with Gasteiger partial charge in [0.1, 0.15) is 0 Å². The molecule has 0 amide bonds.